The average Bonchev–Trinajstić information content (AvgIpc) is 2.84. The van der Waals surface area contributed by atoms with Gasteiger partial charge >= 0.3 is 0 Å². The standard InChI is InChI=1S/C18H20N4/c1-12(2)17-18(21-20-15-8-6-5-7-14(15)4)22-10-9-13(3)11-16(22)19-17/h5-12H,1-4H3. The molecule has 2 aromatic heterocycles. The highest BCUT2D eigenvalue weighted by atomic mass is 15.2. The van der Waals surface area contributed by atoms with Crippen LogP contribution in [0, 0.1) is 13.8 Å². The first-order chi connectivity index (χ1) is 10.6. The molecule has 0 saturated heterocycles. The van der Waals surface area contributed by atoms with Crippen LogP contribution in [-0.4, -0.2) is 9.38 Å². The Bertz CT molecular complexity index is 843. The van der Waals surface area contributed by atoms with Crippen LogP contribution < -0.4 is 0 Å². The summed E-state index contributed by atoms with van der Waals surface area (Å²) in [4.78, 5) is 4.72. The number of azo groups is 1. The molecule has 0 radical (unpaired) electrons. The minimum Gasteiger partial charge on any atom is -0.283 e. The lowest BCUT2D eigenvalue weighted by Crippen LogP contribution is -1.87. The van der Waals surface area contributed by atoms with Gasteiger partial charge in [-0.05, 0) is 49.1 Å². The summed E-state index contributed by atoms with van der Waals surface area (Å²) in [6, 6.07) is 12.1. The van der Waals surface area contributed by atoms with E-state index < -0.39 is 0 Å². The van der Waals surface area contributed by atoms with E-state index in [1.54, 1.807) is 0 Å². The van der Waals surface area contributed by atoms with E-state index in [1.807, 2.05) is 41.8 Å². The summed E-state index contributed by atoms with van der Waals surface area (Å²) >= 11 is 0. The Morgan fingerprint density at radius 3 is 2.55 bits per heavy atom. The predicted molar refractivity (Wildman–Crippen MR) is 89.4 cm³/mol. The quantitative estimate of drug-likeness (QED) is 0.588. The highest BCUT2D eigenvalue weighted by molar-refractivity contribution is 5.54. The molecule has 0 aliphatic rings. The molecular formula is C18H20N4. The molecular weight excluding hydrogens is 272 g/mol. The number of hydrogen-bond acceptors (Lipinski definition) is 3. The van der Waals surface area contributed by atoms with Gasteiger partial charge in [0.15, 0.2) is 5.82 Å². The summed E-state index contributed by atoms with van der Waals surface area (Å²) in [7, 11) is 0. The van der Waals surface area contributed by atoms with Gasteiger partial charge in [0.1, 0.15) is 5.65 Å². The topological polar surface area (TPSA) is 42.0 Å². The second-order valence-electron chi connectivity index (χ2n) is 5.89. The third-order valence-electron chi connectivity index (χ3n) is 3.70. The van der Waals surface area contributed by atoms with Crippen LogP contribution in [0.25, 0.3) is 5.65 Å². The highest BCUT2D eigenvalue weighted by Crippen LogP contribution is 2.30. The van der Waals surface area contributed by atoms with E-state index in [2.05, 4.69) is 43.1 Å². The van der Waals surface area contributed by atoms with Crippen LogP contribution in [0.15, 0.2) is 52.8 Å². The lowest BCUT2D eigenvalue weighted by molar-refractivity contribution is 0.831. The normalized spacial score (nSPS) is 11.9. The SMILES string of the molecule is Cc1ccn2c(N=Nc3ccccc3C)c(C(C)C)nc2c1. The number of pyridine rings is 1. The van der Waals surface area contributed by atoms with E-state index in [4.69, 9.17) is 4.98 Å². The molecule has 112 valence electrons. The van der Waals surface area contributed by atoms with Gasteiger partial charge in [0, 0.05) is 6.20 Å². The molecule has 0 spiro atoms. The fourth-order valence-corrected chi connectivity index (χ4v) is 2.42. The van der Waals surface area contributed by atoms with Crippen LogP contribution in [0.4, 0.5) is 11.5 Å². The van der Waals surface area contributed by atoms with E-state index >= 15 is 0 Å². The number of fused-ring (bicyclic) bond motifs is 1. The molecule has 0 amide bonds. The Morgan fingerprint density at radius 1 is 1.05 bits per heavy atom. The summed E-state index contributed by atoms with van der Waals surface area (Å²) in [5.41, 5.74) is 5.09. The fraction of sp³-hybridized carbons (Fsp3) is 0.278. The number of rotatable bonds is 3. The molecule has 1 aromatic carbocycles. The Morgan fingerprint density at radius 2 is 1.82 bits per heavy atom. The van der Waals surface area contributed by atoms with Crippen molar-refractivity contribution in [1.29, 1.82) is 0 Å². The van der Waals surface area contributed by atoms with Gasteiger partial charge in [-0.25, -0.2) is 4.98 Å². The van der Waals surface area contributed by atoms with E-state index in [-0.39, 0.29) is 0 Å². The number of nitrogens with zero attached hydrogens (tertiary/aromatic N) is 4. The first kappa shape index (κ1) is 14.4. The molecule has 3 aromatic rings. The van der Waals surface area contributed by atoms with Crippen LogP contribution in [0.5, 0.6) is 0 Å². The molecule has 0 bridgehead atoms. The Labute approximate surface area is 130 Å². The van der Waals surface area contributed by atoms with Crippen molar-refractivity contribution < 1.29 is 0 Å². The molecule has 4 nitrogen and oxygen atoms in total. The maximum absolute atomic E-state index is 4.72. The van der Waals surface area contributed by atoms with Gasteiger partial charge in [-0.1, -0.05) is 32.0 Å². The maximum Gasteiger partial charge on any atom is 0.183 e. The fourth-order valence-electron chi connectivity index (χ4n) is 2.42. The first-order valence-electron chi connectivity index (χ1n) is 7.52. The first-order valence-corrected chi connectivity index (χ1v) is 7.52. The third-order valence-corrected chi connectivity index (χ3v) is 3.70. The van der Waals surface area contributed by atoms with Crippen molar-refractivity contribution in [3.05, 3.63) is 59.4 Å². The van der Waals surface area contributed by atoms with E-state index in [0.29, 0.717) is 5.92 Å². The van der Waals surface area contributed by atoms with Gasteiger partial charge in [0.2, 0.25) is 0 Å². The Hall–Kier alpha value is -2.49. The second-order valence-corrected chi connectivity index (χ2v) is 5.89. The van der Waals surface area contributed by atoms with E-state index in [9.17, 15) is 0 Å². The van der Waals surface area contributed by atoms with Crippen LogP contribution in [-0.2, 0) is 0 Å². The largest absolute Gasteiger partial charge is 0.283 e. The van der Waals surface area contributed by atoms with E-state index in [0.717, 1.165) is 28.4 Å². The highest BCUT2D eigenvalue weighted by Gasteiger charge is 2.15. The van der Waals surface area contributed by atoms with Crippen molar-refractivity contribution in [2.24, 2.45) is 10.2 Å². The van der Waals surface area contributed by atoms with Gasteiger partial charge in [-0.2, -0.15) is 0 Å². The second kappa shape index (κ2) is 5.72. The summed E-state index contributed by atoms with van der Waals surface area (Å²) in [6.07, 6.45) is 2.01. The summed E-state index contributed by atoms with van der Waals surface area (Å²) in [6.45, 7) is 8.36. The lowest BCUT2D eigenvalue weighted by atomic mass is 10.1. The maximum atomic E-state index is 4.72. The molecule has 0 fully saturated rings. The molecule has 4 heteroatoms. The monoisotopic (exact) mass is 292 g/mol. The smallest absolute Gasteiger partial charge is 0.183 e. The zero-order valence-electron chi connectivity index (χ0n) is 13.4. The van der Waals surface area contributed by atoms with Gasteiger partial charge in [-0.3, -0.25) is 4.40 Å². The molecule has 0 saturated carbocycles. The van der Waals surface area contributed by atoms with Crippen molar-refractivity contribution in [2.45, 2.75) is 33.6 Å². The number of aryl methyl sites for hydroxylation is 2. The molecule has 0 atom stereocenters. The molecule has 2 heterocycles. The Balaban J connectivity index is 2.13. The third kappa shape index (κ3) is 2.64. The molecule has 0 N–H and O–H groups in total. The van der Waals surface area contributed by atoms with Gasteiger partial charge in [-0.15, -0.1) is 10.2 Å². The zero-order valence-corrected chi connectivity index (χ0v) is 13.4. The van der Waals surface area contributed by atoms with Gasteiger partial charge < -0.3 is 0 Å². The van der Waals surface area contributed by atoms with Crippen molar-refractivity contribution in [3.8, 4) is 0 Å². The molecule has 0 unspecified atom stereocenters. The van der Waals surface area contributed by atoms with Crippen LogP contribution >= 0.6 is 0 Å². The number of aromatic nitrogens is 2. The molecule has 0 aliphatic heterocycles. The van der Waals surface area contributed by atoms with Crippen LogP contribution in [0.2, 0.25) is 0 Å². The van der Waals surface area contributed by atoms with Crippen LogP contribution in [0.3, 0.4) is 0 Å². The molecule has 3 rings (SSSR count). The van der Waals surface area contributed by atoms with Crippen LogP contribution in [0.1, 0.15) is 36.6 Å². The number of benzene rings is 1. The number of imidazole rings is 1. The molecule has 0 aliphatic carbocycles. The van der Waals surface area contributed by atoms with Crippen molar-refractivity contribution >= 4 is 17.2 Å². The van der Waals surface area contributed by atoms with E-state index in [1.165, 1.54) is 5.56 Å². The lowest BCUT2D eigenvalue weighted by Gasteiger charge is -2.02. The number of hydrogen-bond donors (Lipinski definition) is 0. The minimum absolute atomic E-state index is 0.297. The zero-order chi connectivity index (χ0) is 15.7. The van der Waals surface area contributed by atoms with Gasteiger partial charge in [0.05, 0.1) is 11.4 Å². The summed E-state index contributed by atoms with van der Waals surface area (Å²) < 4.78 is 2.00. The summed E-state index contributed by atoms with van der Waals surface area (Å²) in [5.74, 6) is 1.11. The van der Waals surface area contributed by atoms with Gasteiger partial charge in [0.25, 0.3) is 0 Å². The molecule has 22 heavy (non-hydrogen) atoms. The predicted octanol–water partition coefficient (Wildman–Crippen LogP) is 5.49. The minimum atomic E-state index is 0.297. The Kier molecular flexibility index (Phi) is 3.75. The summed E-state index contributed by atoms with van der Waals surface area (Å²) in [5, 5.41) is 8.93. The van der Waals surface area contributed by atoms with Crippen molar-refractivity contribution in [1.82, 2.24) is 9.38 Å². The van der Waals surface area contributed by atoms with Crippen molar-refractivity contribution in [2.75, 3.05) is 0 Å². The van der Waals surface area contributed by atoms with Crippen molar-refractivity contribution in [3.63, 3.8) is 0 Å². The average molecular weight is 292 g/mol.